The van der Waals surface area contributed by atoms with Gasteiger partial charge in [-0.1, -0.05) is 13.8 Å². The van der Waals surface area contributed by atoms with Crippen LogP contribution in [0.4, 0.5) is 0 Å². The van der Waals surface area contributed by atoms with Crippen LogP contribution in [0.5, 0.6) is 0 Å². The lowest BCUT2D eigenvalue weighted by Crippen LogP contribution is -2.16. The lowest BCUT2D eigenvalue weighted by Gasteiger charge is -2.11. The van der Waals surface area contributed by atoms with Crippen molar-refractivity contribution in [1.82, 2.24) is 5.32 Å². The molecule has 0 aliphatic heterocycles. The molecule has 0 amide bonds. The quantitative estimate of drug-likeness (QED) is 0.583. The predicted molar refractivity (Wildman–Crippen MR) is 40.8 cm³/mol. The molecule has 0 fully saturated rings. The molecule has 2 nitrogen and oxygen atoms in total. The van der Waals surface area contributed by atoms with E-state index in [0.29, 0.717) is 5.92 Å². The maximum absolute atomic E-state index is 5.57. The van der Waals surface area contributed by atoms with Gasteiger partial charge in [0.1, 0.15) is 0 Å². The van der Waals surface area contributed by atoms with E-state index in [0.717, 1.165) is 11.4 Å². The molecule has 0 aromatic heterocycles. The van der Waals surface area contributed by atoms with Crippen molar-refractivity contribution in [3.05, 3.63) is 11.4 Å². The molecule has 0 heterocycles. The van der Waals surface area contributed by atoms with Crippen molar-refractivity contribution in [3.8, 4) is 0 Å². The molecule has 0 spiro atoms. The van der Waals surface area contributed by atoms with Crippen molar-refractivity contribution >= 4 is 0 Å². The molecule has 0 rings (SSSR count). The Hall–Kier alpha value is -0.660. The smallest absolute Gasteiger partial charge is 0.0317 e. The average molecular weight is 128 g/mol. The Labute approximate surface area is 57.1 Å². The summed E-state index contributed by atoms with van der Waals surface area (Å²) < 4.78 is 0. The molecule has 0 saturated heterocycles. The van der Waals surface area contributed by atoms with Gasteiger partial charge in [0, 0.05) is 18.4 Å². The van der Waals surface area contributed by atoms with Gasteiger partial charge < -0.3 is 11.1 Å². The largest absolute Gasteiger partial charge is 0.401 e. The Kier molecular flexibility index (Phi) is 3.13. The summed E-state index contributed by atoms with van der Waals surface area (Å²) in [4.78, 5) is 0. The van der Waals surface area contributed by atoms with E-state index in [1.54, 1.807) is 0 Å². The van der Waals surface area contributed by atoms with Gasteiger partial charge in [-0.25, -0.2) is 0 Å². The molecular weight excluding hydrogens is 112 g/mol. The van der Waals surface area contributed by atoms with Crippen LogP contribution in [-0.2, 0) is 0 Å². The number of rotatable bonds is 2. The first-order valence-corrected chi connectivity index (χ1v) is 3.23. The van der Waals surface area contributed by atoms with E-state index >= 15 is 0 Å². The first-order valence-electron chi connectivity index (χ1n) is 3.23. The summed E-state index contributed by atoms with van der Waals surface area (Å²) in [5.74, 6) is 0.500. The Balaban J connectivity index is 4.16. The van der Waals surface area contributed by atoms with E-state index in [9.17, 15) is 0 Å². The van der Waals surface area contributed by atoms with E-state index in [2.05, 4.69) is 19.2 Å². The highest BCUT2D eigenvalue weighted by Crippen LogP contribution is 2.06. The van der Waals surface area contributed by atoms with Crippen molar-refractivity contribution in [3.63, 3.8) is 0 Å². The minimum Gasteiger partial charge on any atom is -0.401 e. The van der Waals surface area contributed by atoms with Gasteiger partial charge in [0.2, 0.25) is 0 Å². The van der Waals surface area contributed by atoms with Crippen molar-refractivity contribution in [2.45, 2.75) is 20.8 Å². The minimum absolute atomic E-state index is 0.500. The summed E-state index contributed by atoms with van der Waals surface area (Å²) in [6.07, 6.45) is 0. The number of nitrogens with one attached hydrogen (secondary N) is 1. The second-order valence-corrected chi connectivity index (χ2v) is 2.50. The third kappa shape index (κ3) is 2.40. The van der Waals surface area contributed by atoms with E-state index in [-0.39, 0.29) is 0 Å². The molecule has 0 aromatic rings. The predicted octanol–water partition coefficient (Wildman–Crippen LogP) is 1.05. The van der Waals surface area contributed by atoms with Crippen LogP contribution in [-0.4, -0.2) is 7.05 Å². The third-order valence-electron chi connectivity index (χ3n) is 1.27. The zero-order chi connectivity index (χ0) is 7.44. The maximum atomic E-state index is 5.57. The van der Waals surface area contributed by atoms with E-state index < -0.39 is 0 Å². The SMILES string of the molecule is CN/C(=C(\C)N)C(C)C. The molecule has 0 atom stereocenters. The molecule has 0 bridgehead atoms. The summed E-state index contributed by atoms with van der Waals surface area (Å²) in [5, 5.41) is 3.06. The number of hydrogen-bond donors (Lipinski definition) is 2. The molecule has 0 aliphatic carbocycles. The topological polar surface area (TPSA) is 38.0 Å². The van der Waals surface area contributed by atoms with Gasteiger partial charge in [-0.05, 0) is 12.8 Å². The van der Waals surface area contributed by atoms with E-state index in [1.807, 2.05) is 14.0 Å². The highest BCUT2D eigenvalue weighted by Gasteiger charge is 2.00. The van der Waals surface area contributed by atoms with Gasteiger partial charge in [-0.3, -0.25) is 0 Å². The van der Waals surface area contributed by atoms with Crippen LogP contribution in [0.15, 0.2) is 11.4 Å². The van der Waals surface area contributed by atoms with Gasteiger partial charge in [0.25, 0.3) is 0 Å². The minimum atomic E-state index is 0.500. The first kappa shape index (κ1) is 8.34. The fourth-order valence-electron chi connectivity index (χ4n) is 0.941. The standard InChI is InChI=1S/C7H16N2/c1-5(2)7(9-4)6(3)8/h5,9H,8H2,1-4H3/b7-6+. The lowest BCUT2D eigenvalue weighted by atomic mass is 10.1. The van der Waals surface area contributed by atoms with Crippen molar-refractivity contribution in [1.29, 1.82) is 0 Å². The normalized spacial score (nSPS) is 13.4. The molecule has 0 aliphatic rings. The second-order valence-electron chi connectivity index (χ2n) is 2.50. The summed E-state index contributed by atoms with van der Waals surface area (Å²) in [6, 6.07) is 0. The van der Waals surface area contributed by atoms with Crippen LogP contribution in [0, 0.1) is 5.92 Å². The number of hydrogen-bond acceptors (Lipinski definition) is 2. The number of nitrogens with two attached hydrogens (primary N) is 1. The molecule has 2 heteroatoms. The summed E-state index contributed by atoms with van der Waals surface area (Å²) in [6.45, 7) is 6.14. The summed E-state index contributed by atoms with van der Waals surface area (Å²) in [5.41, 5.74) is 7.58. The van der Waals surface area contributed by atoms with Gasteiger partial charge in [-0.15, -0.1) is 0 Å². The van der Waals surface area contributed by atoms with Crippen molar-refractivity contribution in [2.24, 2.45) is 11.7 Å². The Morgan fingerprint density at radius 2 is 1.89 bits per heavy atom. The van der Waals surface area contributed by atoms with Crippen molar-refractivity contribution < 1.29 is 0 Å². The molecule has 0 aromatic carbocycles. The van der Waals surface area contributed by atoms with Gasteiger partial charge in [0.05, 0.1) is 0 Å². The maximum Gasteiger partial charge on any atom is 0.0317 e. The van der Waals surface area contributed by atoms with E-state index in [4.69, 9.17) is 5.73 Å². The van der Waals surface area contributed by atoms with Gasteiger partial charge in [-0.2, -0.15) is 0 Å². The molecule has 0 saturated carbocycles. The van der Waals surface area contributed by atoms with Gasteiger partial charge >= 0.3 is 0 Å². The highest BCUT2D eigenvalue weighted by atomic mass is 14.9. The Morgan fingerprint density at radius 1 is 1.44 bits per heavy atom. The third-order valence-corrected chi connectivity index (χ3v) is 1.27. The molecular formula is C7H16N2. The van der Waals surface area contributed by atoms with Crippen LogP contribution in [0.1, 0.15) is 20.8 Å². The summed E-state index contributed by atoms with van der Waals surface area (Å²) >= 11 is 0. The first-order chi connectivity index (χ1) is 4.09. The van der Waals surface area contributed by atoms with Crippen LogP contribution >= 0.6 is 0 Å². The molecule has 3 N–H and O–H groups in total. The molecule has 9 heavy (non-hydrogen) atoms. The van der Waals surface area contributed by atoms with Crippen LogP contribution in [0.25, 0.3) is 0 Å². The monoisotopic (exact) mass is 128 g/mol. The van der Waals surface area contributed by atoms with Crippen molar-refractivity contribution in [2.75, 3.05) is 7.05 Å². The highest BCUT2D eigenvalue weighted by molar-refractivity contribution is 5.07. The lowest BCUT2D eigenvalue weighted by molar-refractivity contribution is 0.684. The average Bonchev–Trinajstić information content (AvgIpc) is 1.64. The van der Waals surface area contributed by atoms with Gasteiger partial charge in [0.15, 0.2) is 0 Å². The Bertz CT molecular complexity index is 110. The molecule has 54 valence electrons. The zero-order valence-corrected chi connectivity index (χ0v) is 6.65. The van der Waals surface area contributed by atoms with Crippen LogP contribution in [0.2, 0.25) is 0 Å². The molecule has 0 unspecified atom stereocenters. The second kappa shape index (κ2) is 3.38. The fourth-order valence-corrected chi connectivity index (χ4v) is 0.941. The zero-order valence-electron chi connectivity index (χ0n) is 6.65. The fraction of sp³-hybridized carbons (Fsp3) is 0.714. The number of allylic oxidation sites excluding steroid dienone is 2. The van der Waals surface area contributed by atoms with E-state index in [1.165, 1.54) is 0 Å². The molecule has 0 radical (unpaired) electrons. The summed E-state index contributed by atoms with van der Waals surface area (Å²) in [7, 11) is 1.89. The van der Waals surface area contributed by atoms with Crippen LogP contribution < -0.4 is 11.1 Å². The van der Waals surface area contributed by atoms with Crippen LogP contribution in [0.3, 0.4) is 0 Å². The Morgan fingerprint density at radius 3 is 1.89 bits per heavy atom.